The Morgan fingerprint density at radius 2 is 1.59 bits per heavy atom. The van der Waals surface area contributed by atoms with Crippen molar-refractivity contribution in [2.24, 2.45) is 0 Å². The number of benzene rings is 2. The third kappa shape index (κ3) is 2.85. The molecule has 0 spiro atoms. The van der Waals surface area contributed by atoms with E-state index >= 15 is 0 Å². The van der Waals surface area contributed by atoms with Gasteiger partial charge in [0.1, 0.15) is 0 Å². The highest BCUT2D eigenvalue weighted by atomic mass is 14.0. The van der Waals surface area contributed by atoms with Crippen LogP contribution in [0, 0.1) is 0 Å². The quantitative estimate of drug-likeness (QED) is 0.654. The van der Waals surface area contributed by atoms with Crippen molar-refractivity contribution in [2.75, 3.05) is 0 Å². The maximum atomic E-state index is 2.27. The van der Waals surface area contributed by atoms with Gasteiger partial charge in [-0.05, 0) is 35.6 Å². The van der Waals surface area contributed by atoms with Crippen LogP contribution in [0.15, 0.2) is 54.6 Å². The third-order valence-corrected chi connectivity index (χ3v) is 3.04. The van der Waals surface area contributed by atoms with Crippen LogP contribution >= 0.6 is 0 Å². The van der Waals surface area contributed by atoms with Crippen LogP contribution in [0.25, 0.3) is 11.6 Å². The van der Waals surface area contributed by atoms with Crippen LogP contribution in [-0.4, -0.2) is 0 Å². The van der Waals surface area contributed by atoms with Gasteiger partial charge in [-0.2, -0.15) is 0 Å². The summed E-state index contributed by atoms with van der Waals surface area (Å²) >= 11 is 0. The topological polar surface area (TPSA) is 0 Å². The van der Waals surface area contributed by atoms with E-state index < -0.39 is 0 Å². The number of hydrogen-bond donors (Lipinski definition) is 0. The average Bonchev–Trinajstić information content (AvgIpc) is 2.40. The van der Waals surface area contributed by atoms with Crippen molar-refractivity contribution in [3.05, 3.63) is 71.3 Å². The van der Waals surface area contributed by atoms with Crippen molar-refractivity contribution in [1.29, 1.82) is 0 Å². The summed E-state index contributed by atoms with van der Waals surface area (Å²) in [6, 6.07) is 19.1. The van der Waals surface area contributed by atoms with Gasteiger partial charge in [0.05, 0.1) is 0 Å². The van der Waals surface area contributed by atoms with Gasteiger partial charge in [-0.15, -0.1) is 0 Å². The summed E-state index contributed by atoms with van der Waals surface area (Å²) in [5, 5.41) is 0. The lowest BCUT2D eigenvalue weighted by atomic mass is 10.00. The third-order valence-electron chi connectivity index (χ3n) is 3.04. The van der Waals surface area contributed by atoms with E-state index in [1.807, 2.05) is 0 Å². The van der Waals surface area contributed by atoms with Gasteiger partial charge in [0.15, 0.2) is 0 Å². The van der Waals surface area contributed by atoms with Gasteiger partial charge in [-0.3, -0.25) is 0 Å². The summed E-state index contributed by atoms with van der Waals surface area (Å²) in [4.78, 5) is 0. The molecule has 0 fully saturated rings. The summed E-state index contributed by atoms with van der Waals surface area (Å²) in [7, 11) is 0. The molecule has 86 valence electrons. The maximum absolute atomic E-state index is 2.27. The van der Waals surface area contributed by atoms with Crippen LogP contribution in [0.4, 0.5) is 0 Å². The Kier molecular flexibility index (Phi) is 3.77. The summed E-state index contributed by atoms with van der Waals surface area (Å²) in [6.45, 7) is 4.37. The van der Waals surface area contributed by atoms with Crippen molar-refractivity contribution in [1.82, 2.24) is 0 Å². The predicted molar refractivity (Wildman–Crippen MR) is 75.8 cm³/mol. The molecule has 17 heavy (non-hydrogen) atoms. The predicted octanol–water partition coefficient (Wildman–Crippen LogP) is 4.81. The molecule has 0 heterocycles. The average molecular weight is 222 g/mol. The molecule has 0 aliphatic heterocycles. The van der Waals surface area contributed by atoms with E-state index in [9.17, 15) is 0 Å². The van der Waals surface area contributed by atoms with Gasteiger partial charge in [-0.25, -0.2) is 0 Å². The van der Waals surface area contributed by atoms with Crippen LogP contribution in [0.3, 0.4) is 0 Å². The standard InChI is InChI=1S/C17H18/c1-3-15-9-7-8-12-17(15)13-14(2)16-10-5-4-6-11-16/h4-13H,3H2,1-2H3. The highest BCUT2D eigenvalue weighted by Gasteiger charge is 1.98. The van der Waals surface area contributed by atoms with E-state index in [4.69, 9.17) is 0 Å². The first-order valence-electron chi connectivity index (χ1n) is 6.13. The lowest BCUT2D eigenvalue weighted by molar-refractivity contribution is 1.13. The van der Waals surface area contributed by atoms with Gasteiger partial charge in [0.25, 0.3) is 0 Å². The first kappa shape index (κ1) is 11.7. The summed E-state index contributed by atoms with van der Waals surface area (Å²) in [6.07, 6.45) is 3.35. The molecule has 0 atom stereocenters. The molecule has 0 saturated carbocycles. The number of hydrogen-bond acceptors (Lipinski definition) is 0. The van der Waals surface area contributed by atoms with Gasteiger partial charge < -0.3 is 0 Å². The van der Waals surface area contributed by atoms with Crippen LogP contribution in [0.1, 0.15) is 30.5 Å². The fourth-order valence-electron chi connectivity index (χ4n) is 2.01. The molecule has 0 amide bonds. The molecule has 0 aliphatic rings. The van der Waals surface area contributed by atoms with E-state index in [1.165, 1.54) is 22.3 Å². The lowest BCUT2D eigenvalue weighted by Gasteiger charge is -2.05. The zero-order chi connectivity index (χ0) is 12.1. The molecule has 2 aromatic rings. The van der Waals surface area contributed by atoms with Crippen LogP contribution in [0.2, 0.25) is 0 Å². The molecular formula is C17H18. The second-order valence-corrected chi connectivity index (χ2v) is 4.25. The molecule has 0 nitrogen and oxygen atoms in total. The van der Waals surface area contributed by atoms with Crippen molar-refractivity contribution in [3.8, 4) is 0 Å². The minimum Gasteiger partial charge on any atom is -0.0622 e. The minimum atomic E-state index is 1.08. The first-order valence-corrected chi connectivity index (χ1v) is 6.13. The normalized spacial score (nSPS) is 11.5. The Labute approximate surface area is 104 Å². The molecule has 0 saturated heterocycles. The Balaban J connectivity index is 2.36. The molecular weight excluding hydrogens is 204 g/mol. The van der Waals surface area contributed by atoms with E-state index in [0.29, 0.717) is 0 Å². The van der Waals surface area contributed by atoms with Crippen molar-refractivity contribution in [2.45, 2.75) is 20.3 Å². The second kappa shape index (κ2) is 5.49. The van der Waals surface area contributed by atoms with Crippen molar-refractivity contribution in [3.63, 3.8) is 0 Å². The van der Waals surface area contributed by atoms with Crippen LogP contribution in [-0.2, 0) is 6.42 Å². The minimum absolute atomic E-state index is 1.08. The molecule has 0 radical (unpaired) electrons. The van der Waals surface area contributed by atoms with Crippen molar-refractivity contribution < 1.29 is 0 Å². The van der Waals surface area contributed by atoms with Gasteiger partial charge >= 0.3 is 0 Å². The smallest absolute Gasteiger partial charge is 0.0222 e. The van der Waals surface area contributed by atoms with Crippen molar-refractivity contribution >= 4 is 11.6 Å². The summed E-state index contributed by atoms with van der Waals surface area (Å²) < 4.78 is 0. The highest BCUT2D eigenvalue weighted by molar-refractivity contribution is 5.80. The van der Waals surface area contributed by atoms with E-state index in [2.05, 4.69) is 74.5 Å². The Morgan fingerprint density at radius 3 is 2.29 bits per heavy atom. The van der Waals surface area contributed by atoms with Gasteiger partial charge in [-0.1, -0.05) is 67.6 Å². The number of allylic oxidation sites excluding steroid dienone is 1. The largest absolute Gasteiger partial charge is 0.0622 e. The maximum Gasteiger partial charge on any atom is -0.0222 e. The monoisotopic (exact) mass is 222 g/mol. The molecule has 0 aliphatic carbocycles. The van der Waals surface area contributed by atoms with Gasteiger partial charge in [0, 0.05) is 0 Å². The summed E-state index contributed by atoms with van der Waals surface area (Å²) in [5.74, 6) is 0. The molecule has 2 aromatic carbocycles. The van der Waals surface area contributed by atoms with E-state index in [0.717, 1.165) is 6.42 Å². The molecule has 0 bridgehead atoms. The van der Waals surface area contributed by atoms with Crippen LogP contribution in [0.5, 0.6) is 0 Å². The van der Waals surface area contributed by atoms with E-state index in [-0.39, 0.29) is 0 Å². The molecule has 0 heteroatoms. The van der Waals surface area contributed by atoms with Crippen LogP contribution < -0.4 is 0 Å². The Bertz CT molecular complexity index is 507. The number of rotatable bonds is 3. The first-order chi connectivity index (χ1) is 8.31. The molecule has 2 rings (SSSR count). The molecule has 0 aromatic heterocycles. The fraction of sp³-hybridized carbons (Fsp3) is 0.176. The second-order valence-electron chi connectivity index (χ2n) is 4.25. The highest BCUT2D eigenvalue weighted by Crippen LogP contribution is 2.19. The lowest BCUT2D eigenvalue weighted by Crippen LogP contribution is -1.86. The fourth-order valence-corrected chi connectivity index (χ4v) is 2.01. The van der Waals surface area contributed by atoms with Gasteiger partial charge in [0.2, 0.25) is 0 Å². The SMILES string of the molecule is CCc1ccccc1C=C(C)c1ccccc1. The zero-order valence-corrected chi connectivity index (χ0v) is 10.5. The number of aryl methyl sites for hydroxylation is 1. The van der Waals surface area contributed by atoms with E-state index in [1.54, 1.807) is 0 Å². The Hall–Kier alpha value is -1.82. The molecule has 0 unspecified atom stereocenters. The summed E-state index contributed by atoms with van der Waals surface area (Å²) in [5.41, 5.74) is 5.34. The zero-order valence-electron chi connectivity index (χ0n) is 10.5. The Morgan fingerprint density at radius 1 is 0.941 bits per heavy atom. The molecule has 0 N–H and O–H groups in total.